The van der Waals surface area contributed by atoms with Gasteiger partial charge in [-0.25, -0.2) is 0 Å². The molecule has 0 heterocycles. The molecule has 7 heavy (non-hydrogen) atoms. The van der Waals surface area contributed by atoms with E-state index in [2.05, 4.69) is 35.9 Å². The topological polar surface area (TPSA) is 0 Å². The Balaban J connectivity index is 3.15. The van der Waals surface area contributed by atoms with Crippen LogP contribution in [0.2, 0.25) is 0 Å². The van der Waals surface area contributed by atoms with Crippen LogP contribution in [0.1, 0.15) is 0 Å². The highest BCUT2D eigenvalue weighted by molar-refractivity contribution is 9.09. The molecule has 0 aliphatic carbocycles. The first-order chi connectivity index (χ1) is 3.06. The maximum Gasteiger partial charge on any atom is 0.0683 e. The fourth-order valence-corrected chi connectivity index (χ4v) is 3.95. The summed E-state index contributed by atoms with van der Waals surface area (Å²) < 4.78 is 0. The third kappa shape index (κ3) is 6.91. The standard InChI is InChI=1S/C5H13BrP/c1-7(2,3)5-4-6/h4-5H2,1-3H3/q+1. The molecule has 0 N–H and O–H groups in total. The number of alkyl halides is 1. The lowest BCUT2D eigenvalue weighted by Crippen LogP contribution is -1.92. The summed E-state index contributed by atoms with van der Waals surface area (Å²) in [6.45, 7) is 7.07. The van der Waals surface area contributed by atoms with Crippen LogP contribution in [0, 0.1) is 0 Å². The van der Waals surface area contributed by atoms with E-state index in [0.717, 1.165) is 0 Å². The minimum Gasteiger partial charge on any atom is -0.0889 e. The van der Waals surface area contributed by atoms with Crippen molar-refractivity contribution in [2.24, 2.45) is 0 Å². The Morgan fingerprint density at radius 1 is 1.29 bits per heavy atom. The molecule has 0 fully saturated rings. The Labute approximate surface area is 55.2 Å². The van der Waals surface area contributed by atoms with E-state index in [1.54, 1.807) is 0 Å². The summed E-state index contributed by atoms with van der Waals surface area (Å²) in [6, 6.07) is 0. The molecule has 0 saturated carbocycles. The molecule has 0 spiro atoms. The molecule has 0 nitrogen and oxygen atoms in total. The Bertz CT molecular complexity index is 46.5. The van der Waals surface area contributed by atoms with Crippen LogP contribution in [0.5, 0.6) is 0 Å². The van der Waals surface area contributed by atoms with Crippen LogP contribution in [0.25, 0.3) is 0 Å². The van der Waals surface area contributed by atoms with Crippen molar-refractivity contribution in [1.29, 1.82) is 0 Å². The van der Waals surface area contributed by atoms with Crippen molar-refractivity contribution in [3.05, 3.63) is 0 Å². The van der Waals surface area contributed by atoms with E-state index < -0.39 is 7.26 Å². The van der Waals surface area contributed by atoms with Gasteiger partial charge in [-0.1, -0.05) is 15.9 Å². The van der Waals surface area contributed by atoms with Crippen LogP contribution in [-0.4, -0.2) is 31.5 Å². The lowest BCUT2D eigenvalue weighted by atomic mass is 11.0. The molecular formula is C5H13BrP+. The quantitative estimate of drug-likeness (QED) is 0.456. The van der Waals surface area contributed by atoms with Crippen molar-refractivity contribution in [3.63, 3.8) is 0 Å². The number of rotatable bonds is 2. The van der Waals surface area contributed by atoms with Gasteiger partial charge in [-0.2, -0.15) is 0 Å². The molecule has 0 aromatic carbocycles. The Morgan fingerprint density at radius 2 is 1.71 bits per heavy atom. The second kappa shape index (κ2) is 3.04. The van der Waals surface area contributed by atoms with Crippen molar-refractivity contribution in [3.8, 4) is 0 Å². The minimum atomic E-state index is -0.463. The summed E-state index contributed by atoms with van der Waals surface area (Å²) in [5, 5.41) is 1.17. The smallest absolute Gasteiger partial charge is 0.0683 e. The van der Waals surface area contributed by atoms with Crippen LogP contribution in [0.4, 0.5) is 0 Å². The van der Waals surface area contributed by atoms with Crippen molar-refractivity contribution in [2.45, 2.75) is 0 Å². The van der Waals surface area contributed by atoms with Gasteiger partial charge in [0.25, 0.3) is 0 Å². The molecule has 0 amide bonds. The van der Waals surface area contributed by atoms with Crippen LogP contribution in [0.3, 0.4) is 0 Å². The molecule has 0 bridgehead atoms. The molecule has 2 heteroatoms. The average Bonchev–Trinajstić information content (AvgIpc) is 1.30. The first-order valence-corrected chi connectivity index (χ1v) is 6.86. The molecule has 0 aliphatic heterocycles. The van der Waals surface area contributed by atoms with Gasteiger partial charge < -0.3 is 0 Å². The number of halogens is 1. The van der Waals surface area contributed by atoms with E-state index in [0.29, 0.717) is 0 Å². The number of hydrogen-bond acceptors (Lipinski definition) is 0. The van der Waals surface area contributed by atoms with Gasteiger partial charge in [0.2, 0.25) is 0 Å². The Kier molecular flexibility index (Phi) is 3.44. The summed E-state index contributed by atoms with van der Waals surface area (Å²) in [7, 11) is -0.463. The van der Waals surface area contributed by atoms with E-state index in [4.69, 9.17) is 0 Å². The summed E-state index contributed by atoms with van der Waals surface area (Å²) >= 11 is 3.41. The fraction of sp³-hybridized carbons (Fsp3) is 1.00. The van der Waals surface area contributed by atoms with Crippen molar-refractivity contribution >= 4 is 23.2 Å². The molecule has 0 radical (unpaired) electrons. The predicted octanol–water partition coefficient (Wildman–Crippen LogP) is 2.29. The van der Waals surface area contributed by atoms with Crippen molar-refractivity contribution < 1.29 is 0 Å². The highest BCUT2D eigenvalue weighted by Crippen LogP contribution is 2.45. The summed E-state index contributed by atoms with van der Waals surface area (Å²) in [6.07, 6.45) is 1.37. The lowest BCUT2D eigenvalue weighted by molar-refractivity contribution is 1.51. The summed E-state index contributed by atoms with van der Waals surface area (Å²) in [4.78, 5) is 0. The maximum absolute atomic E-state index is 3.41. The van der Waals surface area contributed by atoms with E-state index in [1.165, 1.54) is 11.5 Å². The lowest BCUT2D eigenvalue weighted by Gasteiger charge is -2.07. The average molecular weight is 184 g/mol. The molecule has 0 rings (SSSR count). The first kappa shape index (κ1) is 7.91. The predicted molar refractivity (Wildman–Crippen MR) is 43.4 cm³/mol. The van der Waals surface area contributed by atoms with Gasteiger partial charge in [0.05, 0.1) is 6.16 Å². The van der Waals surface area contributed by atoms with Gasteiger partial charge in [-0.15, -0.1) is 0 Å². The van der Waals surface area contributed by atoms with Gasteiger partial charge in [-0.05, 0) is 0 Å². The highest BCUT2D eigenvalue weighted by Gasteiger charge is 2.14. The second-order valence-electron chi connectivity index (χ2n) is 2.70. The molecule has 0 aromatic heterocycles. The third-order valence-corrected chi connectivity index (χ3v) is 3.33. The van der Waals surface area contributed by atoms with Crippen LogP contribution < -0.4 is 0 Å². The zero-order valence-corrected chi connectivity index (χ0v) is 7.72. The van der Waals surface area contributed by atoms with Crippen molar-refractivity contribution in [1.82, 2.24) is 0 Å². The summed E-state index contributed by atoms with van der Waals surface area (Å²) in [5.41, 5.74) is 0. The largest absolute Gasteiger partial charge is 0.0889 e. The van der Waals surface area contributed by atoms with Gasteiger partial charge in [0.15, 0.2) is 0 Å². The molecule has 0 atom stereocenters. The third-order valence-electron chi connectivity index (χ3n) is 0.755. The molecule has 44 valence electrons. The van der Waals surface area contributed by atoms with E-state index in [-0.39, 0.29) is 0 Å². The Hall–Kier alpha value is 0.910. The molecule has 0 saturated heterocycles. The van der Waals surface area contributed by atoms with Crippen LogP contribution in [-0.2, 0) is 0 Å². The minimum absolute atomic E-state index is 0.463. The van der Waals surface area contributed by atoms with Gasteiger partial charge in [0, 0.05) is 32.6 Å². The van der Waals surface area contributed by atoms with Crippen LogP contribution >= 0.6 is 23.2 Å². The van der Waals surface area contributed by atoms with Crippen LogP contribution in [0.15, 0.2) is 0 Å². The first-order valence-electron chi connectivity index (χ1n) is 2.43. The molecule has 0 aromatic rings. The van der Waals surface area contributed by atoms with E-state index >= 15 is 0 Å². The SMILES string of the molecule is C[P+](C)(C)CCBr. The van der Waals surface area contributed by atoms with Gasteiger partial charge in [0.1, 0.15) is 0 Å². The normalized spacial score (nSPS) is 12.0. The van der Waals surface area contributed by atoms with Crippen molar-refractivity contribution in [2.75, 3.05) is 31.5 Å². The van der Waals surface area contributed by atoms with E-state index in [9.17, 15) is 0 Å². The second-order valence-corrected chi connectivity index (χ2v) is 8.52. The molecular weight excluding hydrogens is 171 g/mol. The maximum atomic E-state index is 3.41. The zero-order chi connectivity index (χ0) is 5.91. The molecule has 0 aliphatic rings. The van der Waals surface area contributed by atoms with Gasteiger partial charge >= 0.3 is 0 Å². The molecule has 0 unspecified atom stereocenters. The van der Waals surface area contributed by atoms with Gasteiger partial charge in [-0.3, -0.25) is 0 Å². The van der Waals surface area contributed by atoms with E-state index in [1.807, 2.05) is 0 Å². The Morgan fingerprint density at radius 3 is 1.71 bits per heavy atom. The summed E-state index contributed by atoms with van der Waals surface area (Å²) in [5.74, 6) is 0. The monoisotopic (exact) mass is 183 g/mol. The zero-order valence-electron chi connectivity index (χ0n) is 5.24. The number of hydrogen-bond donors (Lipinski definition) is 0. The fourth-order valence-electron chi connectivity index (χ4n) is 0.254. The highest BCUT2D eigenvalue weighted by atomic mass is 79.9.